The number of pyridine rings is 1. The zero-order chi connectivity index (χ0) is 26.0. The number of alkyl halides is 6. The molecule has 35 heavy (non-hydrogen) atoms. The topological polar surface area (TPSA) is 12.9 Å². The van der Waals surface area contributed by atoms with Crippen molar-refractivity contribution in [1.29, 1.82) is 0 Å². The van der Waals surface area contributed by atoms with Crippen LogP contribution in [0.3, 0.4) is 0 Å². The van der Waals surface area contributed by atoms with Gasteiger partial charge in [-0.25, -0.2) is 0 Å². The average molecular weight is 573 g/mol. The summed E-state index contributed by atoms with van der Waals surface area (Å²) in [6, 6.07) is 11.8. The third-order valence-electron chi connectivity index (χ3n) is 6.09. The van der Waals surface area contributed by atoms with Crippen LogP contribution in [0.2, 0.25) is 19.1 Å². The van der Waals surface area contributed by atoms with Crippen LogP contribution in [-0.2, 0) is 11.6 Å². The van der Waals surface area contributed by atoms with E-state index in [9.17, 15) is 26.3 Å². The fourth-order valence-electron chi connectivity index (χ4n) is 4.64. The van der Waals surface area contributed by atoms with E-state index in [0.29, 0.717) is 15.5 Å². The molecule has 0 radical (unpaired) electrons. The number of rotatable bonds is 3. The van der Waals surface area contributed by atoms with Gasteiger partial charge in [0.15, 0.2) is 0 Å². The van der Waals surface area contributed by atoms with E-state index in [1.165, 1.54) is 25.4 Å². The molecule has 2 heterocycles. The van der Waals surface area contributed by atoms with Crippen molar-refractivity contribution in [3.05, 3.63) is 59.8 Å². The van der Waals surface area contributed by atoms with Crippen molar-refractivity contribution < 1.29 is 26.3 Å². The van der Waals surface area contributed by atoms with E-state index in [2.05, 4.69) is 25.8 Å². The van der Waals surface area contributed by atoms with Crippen molar-refractivity contribution in [2.45, 2.75) is 57.7 Å². The predicted molar refractivity (Wildman–Crippen MR) is 133 cm³/mol. The predicted octanol–water partition coefficient (Wildman–Crippen LogP) is 7.91. The summed E-state index contributed by atoms with van der Waals surface area (Å²) in [6.45, 7) is 8.97. The van der Waals surface area contributed by atoms with Gasteiger partial charge in [-0.15, -0.1) is 0 Å². The zero-order valence-corrected chi connectivity index (χ0v) is 22.7. The molecular weight excluding hydrogens is 547 g/mol. The van der Waals surface area contributed by atoms with E-state index < -0.39 is 46.5 Å². The summed E-state index contributed by atoms with van der Waals surface area (Å²) in [7, 11) is -3.45. The molecule has 0 aliphatic heterocycles. The van der Waals surface area contributed by atoms with Crippen molar-refractivity contribution >= 4 is 47.1 Å². The molecule has 0 aliphatic carbocycles. The van der Waals surface area contributed by atoms with E-state index in [-0.39, 0.29) is 14.9 Å². The van der Waals surface area contributed by atoms with E-state index in [1.807, 2.05) is 36.4 Å². The normalized spacial score (nSPS) is 13.7. The minimum atomic E-state index is -4.74. The second-order valence-electron chi connectivity index (χ2n) is 10.5. The molecule has 2 aromatic carbocycles. The third kappa shape index (κ3) is 5.09. The molecule has 2 aromatic heterocycles. The first-order chi connectivity index (χ1) is 16.0. The van der Waals surface area contributed by atoms with Crippen LogP contribution in [0, 0.1) is 0 Å². The van der Waals surface area contributed by atoms with Crippen molar-refractivity contribution in [3.8, 4) is 11.3 Å². The van der Waals surface area contributed by atoms with Crippen molar-refractivity contribution in [2.24, 2.45) is 0 Å². The van der Waals surface area contributed by atoms with Crippen molar-refractivity contribution in [3.63, 3.8) is 0 Å². The molecule has 0 bridgehead atoms. The van der Waals surface area contributed by atoms with Gasteiger partial charge in [-0.3, -0.25) is 0 Å². The van der Waals surface area contributed by atoms with Gasteiger partial charge in [0, 0.05) is 0 Å². The molecule has 4 rings (SSSR count). The number of fused-ring (bicyclic) bond motifs is 2. The summed E-state index contributed by atoms with van der Waals surface area (Å²) in [5, 5.41) is 1.97. The Hall–Kier alpha value is -2.09. The second-order valence-corrected chi connectivity index (χ2v) is 18.1. The van der Waals surface area contributed by atoms with Crippen LogP contribution in [0.4, 0.5) is 26.3 Å². The van der Waals surface area contributed by atoms with E-state index >= 15 is 0 Å². The number of nitrogens with zero attached hydrogens (tertiary/aromatic N) is 1. The van der Waals surface area contributed by atoms with Crippen molar-refractivity contribution in [2.75, 3.05) is 0 Å². The van der Waals surface area contributed by atoms with Gasteiger partial charge in [0.05, 0.1) is 0 Å². The van der Waals surface area contributed by atoms with Gasteiger partial charge >= 0.3 is 207 Å². The van der Waals surface area contributed by atoms with Crippen LogP contribution in [0.15, 0.2) is 48.7 Å². The maximum atomic E-state index is 14.3. The van der Waals surface area contributed by atoms with Gasteiger partial charge < -0.3 is 0 Å². The molecule has 186 valence electrons. The maximum absolute atomic E-state index is 14.3. The first-order valence-electron chi connectivity index (χ1n) is 11.1. The standard InChI is InChI=1S/C26H25F6NSeSi/c1-24(2,3)19-13-16(12-15-8-6-7-9-17(15)19)21-22-18(10-11-33-21)20(26(30,31)32)23(34-22)35(4,5)14-25(27,28)29/h6-13H,14H2,1-5H3. The molecule has 9 heteroatoms. The summed E-state index contributed by atoms with van der Waals surface area (Å²) in [4.78, 5) is 4.47. The first-order valence-corrected chi connectivity index (χ1v) is 16.0. The molecule has 0 atom stereocenters. The quantitative estimate of drug-likeness (QED) is 0.180. The molecular formula is C26H25F6NSeSi. The molecule has 4 aromatic rings. The van der Waals surface area contributed by atoms with Crippen LogP contribution in [-0.4, -0.2) is 33.7 Å². The molecule has 0 fully saturated rings. The van der Waals surface area contributed by atoms with Gasteiger partial charge in [0.25, 0.3) is 0 Å². The van der Waals surface area contributed by atoms with Crippen LogP contribution in [0.1, 0.15) is 31.9 Å². The van der Waals surface area contributed by atoms with Gasteiger partial charge in [-0.2, -0.15) is 0 Å². The fourth-order valence-corrected chi connectivity index (χ4v) is 12.0. The van der Waals surface area contributed by atoms with Gasteiger partial charge in [-0.05, 0) is 0 Å². The molecule has 0 unspecified atom stereocenters. The average Bonchev–Trinajstić information content (AvgIpc) is 3.12. The van der Waals surface area contributed by atoms with Crippen LogP contribution in [0.5, 0.6) is 0 Å². The molecule has 0 N–H and O–H groups in total. The number of hydrogen-bond donors (Lipinski definition) is 0. The van der Waals surface area contributed by atoms with Crippen molar-refractivity contribution in [1.82, 2.24) is 4.98 Å². The second kappa shape index (κ2) is 8.49. The number of aromatic nitrogens is 1. The summed E-state index contributed by atoms with van der Waals surface area (Å²) < 4.78 is 83.2. The third-order valence-corrected chi connectivity index (χ3v) is 15.0. The summed E-state index contributed by atoms with van der Waals surface area (Å²) >= 11 is -0.904. The molecule has 0 amide bonds. The Bertz CT molecular complexity index is 1410. The molecule has 0 aliphatic rings. The Labute approximate surface area is 206 Å². The molecule has 0 saturated carbocycles. The molecule has 0 saturated heterocycles. The molecule has 1 nitrogen and oxygen atoms in total. The van der Waals surface area contributed by atoms with Gasteiger partial charge in [-0.1, -0.05) is 0 Å². The minimum absolute atomic E-state index is 0.0225. The summed E-state index contributed by atoms with van der Waals surface area (Å²) in [6.07, 6.45) is -7.93. The van der Waals surface area contributed by atoms with Gasteiger partial charge in [0.1, 0.15) is 0 Å². The van der Waals surface area contributed by atoms with E-state index in [4.69, 9.17) is 0 Å². The van der Waals surface area contributed by atoms with Crippen LogP contribution >= 0.6 is 0 Å². The fraction of sp³-hybridized carbons (Fsp3) is 0.346. The number of halogens is 6. The Morgan fingerprint density at radius 2 is 1.54 bits per heavy atom. The number of benzene rings is 2. The molecule has 0 spiro atoms. The Morgan fingerprint density at radius 3 is 2.14 bits per heavy atom. The first kappa shape index (κ1) is 26.0. The van der Waals surface area contributed by atoms with E-state index in [1.54, 1.807) is 0 Å². The van der Waals surface area contributed by atoms with E-state index in [0.717, 1.165) is 16.3 Å². The summed E-state index contributed by atoms with van der Waals surface area (Å²) in [5.74, 6) is 0. The van der Waals surface area contributed by atoms with Crippen LogP contribution in [0.25, 0.3) is 31.7 Å². The SMILES string of the molecule is CC(C)(C)c1cc(-c2nccc3c(C(F)(F)F)c([Si](C)(C)CC(F)(F)F)[se]c23)cc2ccccc12. The summed E-state index contributed by atoms with van der Waals surface area (Å²) in [5.41, 5.74) is 1.03. The Balaban J connectivity index is 2.05. The van der Waals surface area contributed by atoms with Crippen LogP contribution < -0.4 is 4.06 Å². The Morgan fingerprint density at radius 1 is 0.886 bits per heavy atom. The van der Waals surface area contributed by atoms with Gasteiger partial charge in [0.2, 0.25) is 0 Å². The Kier molecular flexibility index (Phi) is 6.30. The monoisotopic (exact) mass is 573 g/mol. The number of hydrogen-bond acceptors (Lipinski definition) is 1. The zero-order valence-electron chi connectivity index (χ0n) is 19.9.